The first-order valence-corrected chi connectivity index (χ1v) is 20.9. The third kappa shape index (κ3) is 7.67. The Morgan fingerprint density at radius 3 is 2.55 bits per heavy atom. The van der Waals surface area contributed by atoms with E-state index < -0.39 is 53.8 Å². The highest BCUT2D eigenvalue weighted by atomic mass is 32.2. The molecule has 6 aliphatic rings. The standard InChI is InChI=1S/C39H57N7O8S/c1-6-7-16-54-37(53)43-27(18-41-45-40)42-34(51)31-21(3)19-55-36-30(35(52)46(31)36)44-28(48)11-8-20(2)23-9-10-24-29-25(13-15-38(23,24)4)39(5)14-12-22(47)17-26(39)32(49)33(29)50/h1,20,22-27,29-30,32-33,36,47,49-50H,7-19H2,2-5H3,(H,42,51)(H,43,53)(H,44,48)/t20-,22-,23-,24+,25+,26+,27?,29+,30?,32?,33?,36?,38-,39-/m1/s1. The van der Waals surface area contributed by atoms with Crippen LogP contribution in [0.4, 0.5) is 4.79 Å². The fourth-order valence-corrected chi connectivity index (χ4v) is 13.0. The van der Waals surface area contributed by atoms with E-state index in [2.05, 4.69) is 52.7 Å². The molecule has 2 heterocycles. The van der Waals surface area contributed by atoms with Gasteiger partial charge in [0.25, 0.3) is 11.8 Å². The smallest absolute Gasteiger partial charge is 0.408 e. The van der Waals surface area contributed by atoms with E-state index in [4.69, 9.17) is 16.7 Å². The molecule has 0 aromatic carbocycles. The van der Waals surface area contributed by atoms with Crippen molar-refractivity contribution in [1.29, 1.82) is 0 Å². The summed E-state index contributed by atoms with van der Waals surface area (Å²) in [4.78, 5) is 56.6. The average molecular weight is 784 g/mol. The minimum Gasteiger partial charge on any atom is -0.449 e. The van der Waals surface area contributed by atoms with E-state index in [1.165, 1.54) is 16.7 Å². The molecule has 5 fully saturated rings. The van der Waals surface area contributed by atoms with Crippen LogP contribution in [-0.4, -0.2) is 98.8 Å². The van der Waals surface area contributed by atoms with Crippen molar-refractivity contribution < 1.29 is 39.2 Å². The van der Waals surface area contributed by atoms with Crippen LogP contribution in [0.15, 0.2) is 16.4 Å². The lowest BCUT2D eigenvalue weighted by Gasteiger charge is -2.63. The van der Waals surface area contributed by atoms with E-state index in [-0.39, 0.29) is 72.1 Å². The molecule has 0 aromatic heterocycles. The van der Waals surface area contributed by atoms with Gasteiger partial charge in [0, 0.05) is 23.5 Å². The van der Waals surface area contributed by atoms with Gasteiger partial charge in [-0.15, -0.1) is 24.1 Å². The first-order chi connectivity index (χ1) is 26.2. The molecule has 302 valence electrons. The summed E-state index contributed by atoms with van der Waals surface area (Å²) in [6.45, 7) is 8.24. The number of β-lactam (4-membered cyclic amide) rings is 1. The average Bonchev–Trinajstić information content (AvgIpc) is 3.51. The molecule has 4 amide bonds. The molecular weight excluding hydrogens is 727 g/mol. The van der Waals surface area contributed by atoms with Gasteiger partial charge in [-0.3, -0.25) is 19.3 Å². The maximum atomic E-state index is 13.5. The van der Waals surface area contributed by atoms with E-state index in [1.54, 1.807) is 6.92 Å². The molecule has 1 saturated heterocycles. The van der Waals surface area contributed by atoms with Gasteiger partial charge < -0.3 is 36.0 Å². The van der Waals surface area contributed by atoms with Crippen molar-refractivity contribution in [3.05, 3.63) is 21.7 Å². The topological polar surface area (TPSA) is 226 Å². The summed E-state index contributed by atoms with van der Waals surface area (Å²) < 4.78 is 4.98. The molecular formula is C39H57N7O8S. The summed E-state index contributed by atoms with van der Waals surface area (Å²) in [5, 5.41) is 44.4. The Labute approximate surface area is 327 Å². The van der Waals surface area contributed by atoms with Crippen LogP contribution in [0, 0.1) is 58.7 Å². The summed E-state index contributed by atoms with van der Waals surface area (Å²) in [5.74, 6) is 2.63. The lowest BCUT2D eigenvalue weighted by Crippen LogP contribution is -2.71. The number of nitrogens with one attached hydrogen (secondary N) is 3. The van der Waals surface area contributed by atoms with Crippen molar-refractivity contribution in [1.82, 2.24) is 20.9 Å². The second kappa shape index (κ2) is 16.5. The molecule has 5 unspecified atom stereocenters. The molecule has 2 aliphatic heterocycles. The van der Waals surface area contributed by atoms with E-state index in [0.29, 0.717) is 36.0 Å². The van der Waals surface area contributed by atoms with Gasteiger partial charge in [0.05, 0.1) is 24.9 Å². The van der Waals surface area contributed by atoms with Crippen molar-refractivity contribution >= 4 is 35.6 Å². The number of alkyl carbamates (subject to hydrolysis) is 1. The molecule has 0 aromatic rings. The van der Waals surface area contributed by atoms with Gasteiger partial charge >= 0.3 is 6.09 Å². The number of aliphatic hydroxyl groups is 3. The Morgan fingerprint density at radius 1 is 1.09 bits per heavy atom. The van der Waals surface area contributed by atoms with Crippen LogP contribution in [0.25, 0.3) is 10.4 Å². The number of fused-ring (bicyclic) bond motifs is 6. The summed E-state index contributed by atoms with van der Waals surface area (Å²) >= 11 is 1.45. The van der Waals surface area contributed by atoms with E-state index in [0.717, 1.165) is 38.5 Å². The Morgan fingerprint density at radius 2 is 1.82 bits per heavy atom. The number of carbonyl (C=O) groups is 4. The number of nitrogens with zero attached hydrogens (tertiary/aromatic N) is 4. The molecule has 6 rings (SSSR count). The largest absolute Gasteiger partial charge is 0.449 e. The number of hydrogen-bond donors (Lipinski definition) is 6. The maximum absolute atomic E-state index is 13.5. The molecule has 15 nitrogen and oxygen atoms in total. The molecule has 0 spiro atoms. The molecule has 0 radical (unpaired) electrons. The molecule has 4 saturated carbocycles. The number of rotatable bonds is 12. The number of carbonyl (C=O) groups excluding carboxylic acids is 4. The van der Waals surface area contributed by atoms with E-state index in [1.807, 2.05) is 0 Å². The Bertz CT molecular complexity index is 1650. The first-order valence-electron chi connectivity index (χ1n) is 19.8. The SMILES string of the molecule is C#CCCOC(=O)NC(CN=[N+]=[N-])NC(=O)C1=C(C)CSC2C(NC(=O)CC[C@@H](C)[C@H]3CC[C@H]4[C@@H]5C(O)C(O)[C@@H]6C[C@H](O)CC[C@]6(C)[C@H]5CC[C@]34C)C(=O)N12. The lowest BCUT2D eigenvalue weighted by atomic mass is 9.43. The first kappa shape index (κ1) is 41.2. The fraction of sp³-hybridized carbons (Fsp3) is 0.795. The van der Waals surface area contributed by atoms with Crippen LogP contribution in [0.2, 0.25) is 0 Å². The second-order valence-electron chi connectivity index (χ2n) is 17.3. The third-order valence-corrected chi connectivity index (χ3v) is 15.8. The summed E-state index contributed by atoms with van der Waals surface area (Å²) in [6.07, 6.45) is 8.44. The van der Waals surface area contributed by atoms with Gasteiger partial charge in [0.2, 0.25) is 5.91 Å². The fourth-order valence-electron chi connectivity index (χ4n) is 11.7. The highest BCUT2D eigenvalue weighted by molar-refractivity contribution is 8.00. The molecule has 0 bridgehead atoms. The predicted molar refractivity (Wildman–Crippen MR) is 204 cm³/mol. The van der Waals surface area contributed by atoms with Crippen LogP contribution in [0.1, 0.15) is 91.9 Å². The number of thioether (sulfide) groups is 1. The number of ether oxygens (including phenoxy) is 1. The van der Waals surface area contributed by atoms with Crippen molar-refractivity contribution in [3.63, 3.8) is 0 Å². The van der Waals surface area contributed by atoms with Gasteiger partial charge in [0.1, 0.15) is 29.9 Å². The van der Waals surface area contributed by atoms with Gasteiger partial charge in [0.15, 0.2) is 0 Å². The number of hydrogen-bond acceptors (Lipinski definition) is 10. The Kier molecular flexibility index (Phi) is 12.4. The molecule has 6 N–H and O–H groups in total. The highest BCUT2D eigenvalue weighted by Crippen LogP contribution is 2.68. The quantitative estimate of drug-likeness (QED) is 0.0323. The number of aliphatic hydroxyl groups excluding tert-OH is 3. The van der Waals surface area contributed by atoms with Crippen LogP contribution >= 0.6 is 11.8 Å². The van der Waals surface area contributed by atoms with Crippen molar-refractivity contribution in [2.45, 2.75) is 128 Å². The molecule has 4 aliphatic carbocycles. The Balaban J connectivity index is 1.03. The van der Waals surface area contributed by atoms with Gasteiger partial charge in [-0.25, -0.2) is 4.79 Å². The Hall–Kier alpha value is -3.48. The van der Waals surface area contributed by atoms with Crippen LogP contribution < -0.4 is 16.0 Å². The number of amides is 4. The second-order valence-corrected chi connectivity index (χ2v) is 18.4. The highest BCUT2D eigenvalue weighted by Gasteiger charge is 2.65. The molecule has 16 heteroatoms. The minimum absolute atomic E-state index is 0.0166. The maximum Gasteiger partial charge on any atom is 0.408 e. The van der Waals surface area contributed by atoms with E-state index >= 15 is 0 Å². The van der Waals surface area contributed by atoms with E-state index in [9.17, 15) is 34.5 Å². The van der Waals surface area contributed by atoms with Gasteiger partial charge in [-0.1, -0.05) is 25.9 Å². The van der Waals surface area contributed by atoms with Crippen molar-refractivity contribution in [2.24, 2.45) is 51.5 Å². The minimum atomic E-state index is -1.11. The normalized spacial score (nSPS) is 38.7. The van der Waals surface area contributed by atoms with Crippen LogP contribution in [0.5, 0.6) is 0 Å². The number of azide groups is 1. The van der Waals surface area contributed by atoms with Crippen molar-refractivity contribution in [3.8, 4) is 12.3 Å². The van der Waals surface area contributed by atoms with Crippen molar-refractivity contribution in [2.75, 3.05) is 18.9 Å². The summed E-state index contributed by atoms with van der Waals surface area (Å²) in [5.41, 5.74) is 9.46. The summed E-state index contributed by atoms with van der Waals surface area (Å²) in [6, 6.07) is -0.791. The zero-order chi connectivity index (χ0) is 39.8. The van der Waals surface area contributed by atoms with Gasteiger partial charge in [-0.2, -0.15) is 0 Å². The third-order valence-electron chi connectivity index (χ3n) is 14.4. The monoisotopic (exact) mass is 783 g/mol. The predicted octanol–water partition coefficient (Wildman–Crippen LogP) is 3.54. The van der Waals surface area contributed by atoms with Crippen LogP contribution in [-0.2, 0) is 19.1 Å². The lowest BCUT2D eigenvalue weighted by molar-refractivity contribution is -0.223. The zero-order valence-electron chi connectivity index (χ0n) is 32.3. The zero-order valence-corrected chi connectivity index (χ0v) is 33.1. The summed E-state index contributed by atoms with van der Waals surface area (Å²) in [7, 11) is 0. The van der Waals surface area contributed by atoms with Gasteiger partial charge in [-0.05, 0) is 116 Å². The molecule has 14 atom stereocenters. The molecule has 55 heavy (non-hydrogen) atoms. The number of terminal acetylenes is 1. The van der Waals surface area contributed by atoms with Crippen LogP contribution in [0.3, 0.4) is 0 Å².